The topological polar surface area (TPSA) is 85.1 Å². The first-order chi connectivity index (χ1) is 11.4. The van der Waals surface area contributed by atoms with Gasteiger partial charge in [0.25, 0.3) is 0 Å². The van der Waals surface area contributed by atoms with E-state index < -0.39 is 10.0 Å². The number of nitrogens with one attached hydrogen (secondary N) is 1. The van der Waals surface area contributed by atoms with Gasteiger partial charge in [-0.25, -0.2) is 18.5 Å². The second-order valence-corrected chi connectivity index (χ2v) is 7.30. The number of hydrogen-bond donors (Lipinski definition) is 2. The van der Waals surface area contributed by atoms with E-state index in [2.05, 4.69) is 10.3 Å². The smallest absolute Gasteiger partial charge is 0.238 e. The molecule has 24 heavy (non-hydrogen) atoms. The van der Waals surface area contributed by atoms with E-state index in [9.17, 15) is 8.42 Å². The van der Waals surface area contributed by atoms with Gasteiger partial charge in [0.2, 0.25) is 10.0 Å². The van der Waals surface area contributed by atoms with Crippen molar-refractivity contribution in [1.29, 1.82) is 0 Å². The Balaban J connectivity index is 1.66. The molecule has 2 aromatic carbocycles. The third-order valence-corrected chi connectivity index (χ3v) is 4.88. The highest BCUT2D eigenvalue weighted by Gasteiger charge is 2.07. The quantitative estimate of drug-likeness (QED) is 0.683. The van der Waals surface area contributed by atoms with Crippen LogP contribution in [0.15, 0.2) is 59.5 Å². The van der Waals surface area contributed by atoms with E-state index in [0.717, 1.165) is 22.8 Å². The Morgan fingerprint density at radius 1 is 1.08 bits per heavy atom. The van der Waals surface area contributed by atoms with Crippen molar-refractivity contribution in [2.24, 2.45) is 5.14 Å². The van der Waals surface area contributed by atoms with Crippen LogP contribution in [0.4, 0.5) is 5.82 Å². The Bertz CT molecular complexity index is 973. The number of anilines is 1. The predicted octanol–water partition coefficient (Wildman–Crippen LogP) is 3.19. The average molecular weight is 362 g/mol. The highest BCUT2D eigenvalue weighted by Crippen LogP contribution is 2.24. The van der Waals surface area contributed by atoms with E-state index in [1.165, 1.54) is 12.1 Å². The van der Waals surface area contributed by atoms with Crippen LogP contribution in [-0.2, 0) is 16.4 Å². The summed E-state index contributed by atoms with van der Waals surface area (Å²) < 4.78 is 22.5. The summed E-state index contributed by atoms with van der Waals surface area (Å²) in [5.74, 6) is 0.708. The summed E-state index contributed by atoms with van der Waals surface area (Å²) in [6.45, 7) is 0.649. The summed E-state index contributed by atoms with van der Waals surface area (Å²) in [5.41, 5.74) is 1.00. The molecule has 3 rings (SSSR count). The lowest BCUT2D eigenvalue weighted by Crippen LogP contribution is -2.12. The van der Waals surface area contributed by atoms with Gasteiger partial charge in [0, 0.05) is 11.9 Å². The van der Waals surface area contributed by atoms with Crippen LogP contribution < -0.4 is 10.5 Å². The van der Waals surface area contributed by atoms with Gasteiger partial charge in [-0.15, -0.1) is 0 Å². The van der Waals surface area contributed by atoms with E-state index in [4.69, 9.17) is 16.7 Å². The van der Waals surface area contributed by atoms with Crippen molar-refractivity contribution in [3.63, 3.8) is 0 Å². The molecule has 0 aliphatic heterocycles. The van der Waals surface area contributed by atoms with Crippen LogP contribution in [-0.4, -0.2) is 19.9 Å². The molecule has 0 saturated carbocycles. The number of benzene rings is 2. The summed E-state index contributed by atoms with van der Waals surface area (Å²) in [6.07, 6.45) is 0.719. The molecule has 0 radical (unpaired) electrons. The molecule has 5 nitrogen and oxygen atoms in total. The van der Waals surface area contributed by atoms with Gasteiger partial charge in [-0.2, -0.15) is 0 Å². The zero-order valence-electron chi connectivity index (χ0n) is 12.7. The molecule has 0 spiro atoms. The Morgan fingerprint density at radius 3 is 2.50 bits per heavy atom. The van der Waals surface area contributed by atoms with Gasteiger partial charge in [-0.1, -0.05) is 48.0 Å². The highest BCUT2D eigenvalue weighted by molar-refractivity contribution is 7.89. The molecule has 3 aromatic rings. The molecular weight excluding hydrogens is 346 g/mol. The van der Waals surface area contributed by atoms with Gasteiger partial charge in [0.05, 0.1) is 4.90 Å². The highest BCUT2D eigenvalue weighted by atomic mass is 35.5. The number of fused-ring (bicyclic) bond motifs is 1. The van der Waals surface area contributed by atoms with Crippen molar-refractivity contribution in [2.45, 2.75) is 11.3 Å². The number of sulfonamides is 1. The zero-order chi connectivity index (χ0) is 17.2. The molecule has 7 heteroatoms. The molecule has 0 atom stereocenters. The van der Waals surface area contributed by atoms with E-state index in [1.807, 2.05) is 30.3 Å². The van der Waals surface area contributed by atoms with Crippen LogP contribution in [0.3, 0.4) is 0 Å². The lowest BCUT2D eigenvalue weighted by molar-refractivity contribution is 0.598. The van der Waals surface area contributed by atoms with Gasteiger partial charge in [0.1, 0.15) is 11.0 Å². The maximum atomic E-state index is 11.2. The van der Waals surface area contributed by atoms with Crippen molar-refractivity contribution >= 4 is 38.2 Å². The van der Waals surface area contributed by atoms with Crippen LogP contribution >= 0.6 is 11.6 Å². The Hall–Kier alpha value is -2.15. The van der Waals surface area contributed by atoms with E-state index in [1.54, 1.807) is 12.1 Å². The second kappa shape index (κ2) is 6.76. The molecule has 0 fully saturated rings. The third kappa shape index (κ3) is 3.84. The zero-order valence-corrected chi connectivity index (χ0v) is 14.3. The first-order valence-corrected chi connectivity index (χ1v) is 9.27. The molecule has 0 saturated heterocycles. The molecule has 0 unspecified atom stereocenters. The number of nitrogens with two attached hydrogens (primary N) is 1. The van der Waals surface area contributed by atoms with E-state index >= 15 is 0 Å². The van der Waals surface area contributed by atoms with Crippen molar-refractivity contribution in [3.05, 3.63) is 65.3 Å². The van der Waals surface area contributed by atoms with Crippen LogP contribution in [0.5, 0.6) is 0 Å². The SMILES string of the molecule is NS(=O)(=O)c1ccc(CCNc2cc3ccccc3c(Cl)n2)cc1. The first kappa shape index (κ1) is 16.7. The molecule has 1 aromatic heterocycles. The summed E-state index contributed by atoms with van der Waals surface area (Å²) in [4.78, 5) is 4.45. The number of halogens is 1. The molecule has 0 aliphatic rings. The normalized spacial score (nSPS) is 11.6. The van der Waals surface area contributed by atoms with Crippen LogP contribution in [0.1, 0.15) is 5.56 Å². The Kier molecular flexibility index (Phi) is 4.71. The van der Waals surface area contributed by atoms with Crippen molar-refractivity contribution < 1.29 is 8.42 Å². The lowest BCUT2D eigenvalue weighted by atomic mass is 10.1. The third-order valence-electron chi connectivity index (χ3n) is 3.67. The van der Waals surface area contributed by atoms with Gasteiger partial charge < -0.3 is 5.32 Å². The van der Waals surface area contributed by atoms with Gasteiger partial charge >= 0.3 is 0 Å². The number of aromatic nitrogens is 1. The summed E-state index contributed by atoms with van der Waals surface area (Å²) in [5, 5.41) is 10.7. The summed E-state index contributed by atoms with van der Waals surface area (Å²) >= 11 is 6.20. The van der Waals surface area contributed by atoms with E-state index in [0.29, 0.717) is 17.5 Å². The van der Waals surface area contributed by atoms with Gasteiger partial charge in [-0.05, 0) is 35.6 Å². The van der Waals surface area contributed by atoms with Gasteiger partial charge in [-0.3, -0.25) is 0 Å². The minimum absolute atomic E-state index is 0.113. The van der Waals surface area contributed by atoms with Crippen molar-refractivity contribution in [3.8, 4) is 0 Å². The number of nitrogens with zero attached hydrogens (tertiary/aromatic N) is 1. The predicted molar refractivity (Wildman–Crippen MR) is 96.8 cm³/mol. The maximum absolute atomic E-state index is 11.2. The fourth-order valence-corrected chi connectivity index (χ4v) is 3.21. The average Bonchev–Trinajstić information content (AvgIpc) is 2.55. The molecule has 0 aliphatic carbocycles. The second-order valence-electron chi connectivity index (χ2n) is 5.39. The minimum Gasteiger partial charge on any atom is -0.370 e. The lowest BCUT2D eigenvalue weighted by Gasteiger charge is -2.08. The monoisotopic (exact) mass is 361 g/mol. The number of primary sulfonamides is 1. The van der Waals surface area contributed by atoms with Crippen molar-refractivity contribution in [1.82, 2.24) is 4.98 Å². The first-order valence-electron chi connectivity index (χ1n) is 7.34. The fraction of sp³-hybridized carbons (Fsp3) is 0.118. The molecule has 1 heterocycles. The minimum atomic E-state index is -3.65. The van der Waals surface area contributed by atoms with Crippen LogP contribution in [0.25, 0.3) is 10.8 Å². The molecule has 124 valence electrons. The largest absolute Gasteiger partial charge is 0.370 e. The molecule has 0 amide bonds. The molecule has 3 N–H and O–H groups in total. The standard InChI is InChI=1S/C17H16ClN3O2S/c18-17-15-4-2-1-3-13(15)11-16(21-17)20-10-9-12-5-7-14(8-6-12)24(19,22)23/h1-8,11H,9-10H2,(H,20,21)(H2,19,22,23). The fourth-order valence-electron chi connectivity index (χ4n) is 2.43. The van der Waals surface area contributed by atoms with Crippen molar-refractivity contribution in [2.75, 3.05) is 11.9 Å². The summed E-state index contributed by atoms with van der Waals surface area (Å²) in [7, 11) is -3.65. The number of hydrogen-bond acceptors (Lipinski definition) is 4. The van der Waals surface area contributed by atoms with Gasteiger partial charge in [0.15, 0.2) is 0 Å². The number of pyridine rings is 1. The Morgan fingerprint density at radius 2 is 1.79 bits per heavy atom. The van der Waals surface area contributed by atoms with Crippen LogP contribution in [0, 0.1) is 0 Å². The molecule has 0 bridgehead atoms. The number of rotatable bonds is 5. The maximum Gasteiger partial charge on any atom is 0.238 e. The van der Waals surface area contributed by atoms with E-state index in [-0.39, 0.29) is 4.90 Å². The summed E-state index contributed by atoms with van der Waals surface area (Å²) in [6, 6.07) is 16.3. The van der Waals surface area contributed by atoms with Crippen LogP contribution in [0.2, 0.25) is 5.15 Å². The molecular formula is C17H16ClN3O2S. The Labute approximate surface area is 145 Å².